The van der Waals surface area contributed by atoms with Crippen LogP contribution >= 0.6 is 0 Å². The van der Waals surface area contributed by atoms with Crippen LogP contribution in [0.3, 0.4) is 0 Å². The normalized spacial score (nSPS) is 18.0. The summed E-state index contributed by atoms with van der Waals surface area (Å²) in [5.41, 5.74) is 11.0. The van der Waals surface area contributed by atoms with E-state index in [1.54, 1.807) is 0 Å². The molecule has 0 aromatic heterocycles. The molecule has 2 atom stereocenters. The molecule has 1 aliphatic carbocycles. The maximum atomic E-state index is 12.0. The van der Waals surface area contributed by atoms with E-state index in [0.717, 1.165) is 25.7 Å². The van der Waals surface area contributed by atoms with Crippen LogP contribution in [0.15, 0.2) is 0 Å². The molecular formula is C15H29N5O3. The molecule has 0 spiro atoms. The Bertz CT molecular complexity index is 410. The molecule has 1 aliphatic rings. The number of carboxylic acid groups (broad SMARTS) is 1. The SMILES string of the molecule is N=C(N)NCCC[C@H](N)C(=O)N[C@@H](CC1CCCCC1)C(=O)O. The molecule has 8 heteroatoms. The minimum Gasteiger partial charge on any atom is -0.480 e. The van der Waals surface area contributed by atoms with E-state index in [4.69, 9.17) is 16.9 Å². The number of rotatable bonds is 9. The van der Waals surface area contributed by atoms with Gasteiger partial charge in [0.1, 0.15) is 6.04 Å². The molecule has 0 aromatic carbocycles. The van der Waals surface area contributed by atoms with Crippen LogP contribution in [-0.4, -0.2) is 41.6 Å². The van der Waals surface area contributed by atoms with E-state index >= 15 is 0 Å². The molecule has 132 valence electrons. The maximum absolute atomic E-state index is 12.0. The molecular weight excluding hydrogens is 298 g/mol. The third kappa shape index (κ3) is 7.83. The summed E-state index contributed by atoms with van der Waals surface area (Å²) in [6.07, 6.45) is 6.99. The predicted octanol–water partition coefficient (Wildman–Crippen LogP) is 0.117. The highest BCUT2D eigenvalue weighted by Gasteiger charge is 2.27. The molecule has 0 saturated heterocycles. The van der Waals surface area contributed by atoms with Gasteiger partial charge in [0.25, 0.3) is 0 Å². The summed E-state index contributed by atoms with van der Waals surface area (Å²) in [6, 6.07) is -1.62. The van der Waals surface area contributed by atoms with Crippen molar-refractivity contribution < 1.29 is 14.7 Å². The number of nitrogens with two attached hydrogens (primary N) is 2. The second-order valence-electron chi connectivity index (χ2n) is 6.23. The molecule has 1 amide bonds. The van der Waals surface area contributed by atoms with Crippen LogP contribution in [0.2, 0.25) is 0 Å². The Labute approximate surface area is 136 Å². The minimum absolute atomic E-state index is 0.124. The number of aliphatic carboxylic acids is 1. The molecule has 1 rings (SSSR count). The molecule has 8 nitrogen and oxygen atoms in total. The van der Waals surface area contributed by atoms with Crippen molar-refractivity contribution in [3.8, 4) is 0 Å². The van der Waals surface area contributed by atoms with E-state index in [0.29, 0.717) is 31.7 Å². The fourth-order valence-electron chi connectivity index (χ4n) is 2.93. The highest BCUT2D eigenvalue weighted by Crippen LogP contribution is 2.27. The predicted molar refractivity (Wildman–Crippen MR) is 87.9 cm³/mol. The average Bonchev–Trinajstić information content (AvgIpc) is 2.51. The fourth-order valence-corrected chi connectivity index (χ4v) is 2.93. The van der Waals surface area contributed by atoms with Gasteiger partial charge in [0.15, 0.2) is 5.96 Å². The Morgan fingerprint density at radius 1 is 1.26 bits per heavy atom. The van der Waals surface area contributed by atoms with Crippen molar-refractivity contribution >= 4 is 17.8 Å². The lowest BCUT2D eigenvalue weighted by Gasteiger charge is -2.25. The topological polar surface area (TPSA) is 154 Å². The lowest BCUT2D eigenvalue weighted by atomic mass is 9.85. The second kappa shape index (κ2) is 10.0. The van der Waals surface area contributed by atoms with Gasteiger partial charge in [0, 0.05) is 6.54 Å². The molecule has 1 saturated carbocycles. The summed E-state index contributed by atoms with van der Waals surface area (Å²) in [6.45, 7) is 0.459. The summed E-state index contributed by atoms with van der Waals surface area (Å²) in [5.74, 6) is -1.20. The van der Waals surface area contributed by atoms with Crippen molar-refractivity contribution in [2.45, 2.75) is 63.5 Å². The van der Waals surface area contributed by atoms with Crippen molar-refractivity contribution in [1.29, 1.82) is 5.41 Å². The Balaban J connectivity index is 2.37. The molecule has 8 N–H and O–H groups in total. The van der Waals surface area contributed by atoms with Gasteiger partial charge in [0.05, 0.1) is 6.04 Å². The maximum Gasteiger partial charge on any atom is 0.326 e. The largest absolute Gasteiger partial charge is 0.480 e. The van der Waals surface area contributed by atoms with Gasteiger partial charge in [-0.15, -0.1) is 0 Å². The van der Waals surface area contributed by atoms with E-state index < -0.39 is 24.0 Å². The Kier molecular flexibility index (Phi) is 8.39. The van der Waals surface area contributed by atoms with Crippen LogP contribution in [-0.2, 0) is 9.59 Å². The summed E-state index contributed by atoms with van der Waals surface area (Å²) in [5, 5.41) is 21.5. The smallest absolute Gasteiger partial charge is 0.326 e. The molecule has 0 unspecified atom stereocenters. The van der Waals surface area contributed by atoms with Crippen molar-refractivity contribution in [1.82, 2.24) is 10.6 Å². The zero-order chi connectivity index (χ0) is 17.2. The van der Waals surface area contributed by atoms with Gasteiger partial charge in [-0.05, 0) is 25.2 Å². The van der Waals surface area contributed by atoms with Gasteiger partial charge in [0.2, 0.25) is 5.91 Å². The van der Waals surface area contributed by atoms with Gasteiger partial charge >= 0.3 is 5.97 Å². The number of hydrogen-bond acceptors (Lipinski definition) is 4. The molecule has 0 bridgehead atoms. The molecule has 0 aromatic rings. The summed E-state index contributed by atoms with van der Waals surface area (Å²) in [4.78, 5) is 23.4. The number of guanidine groups is 1. The minimum atomic E-state index is -1.01. The van der Waals surface area contributed by atoms with E-state index in [9.17, 15) is 14.7 Å². The number of hydrogen-bond donors (Lipinski definition) is 6. The first-order valence-electron chi connectivity index (χ1n) is 8.26. The van der Waals surface area contributed by atoms with Crippen molar-refractivity contribution in [2.75, 3.05) is 6.54 Å². The second-order valence-corrected chi connectivity index (χ2v) is 6.23. The summed E-state index contributed by atoms with van der Waals surface area (Å²) in [7, 11) is 0. The zero-order valence-corrected chi connectivity index (χ0v) is 13.5. The van der Waals surface area contributed by atoms with E-state index in [1.165, 1.54) is 6.42 Å². The number of nitrogens with one attached hydrogen (secondary N) is 3. The number of carbonyl (C=O) groups is 2. The van der Waals surface area contributed by atoms with E-state index in [-0.39, 0.29) is 5.96 Å². The Morgan fingerprint density at radius 3 is 2.48 bits per heavy atom. The quantitative estimate of drug-likeness (QED) is 0.201. The first kappa shape index (κ1) is 19.2. The van der Waals surface area contributed by atoms with Crippen molar-refractivity contribution in [3.63, 3.8) is 0 Å². The standard InChI is InChI=1S/C15H29N5O3/c16-11(7-4-8-19-15(17)18)13(21)20-12(14(22)23)9-10-5-2-1-3-6-10/h10-12H,1-9,16H2,(H,20,21)(H,22,23)(H4,17,18,19)/t11-,12-/m0/s1. The zero-order valence-electron chi connectivity index (χ0n) is 13.5. The van der Waals surface area contributed by atoms with Crippen LogP contribution in [0.4, 0.5) is 0 Å². The third-order valence-corrected chi connectivity index (χ3v) is 4.25. The van der Waals surface area contributed by atoms with Gasteiger partial charge in [-0.25, -0.2) is 4.79 Å². The van der Waals surface area contributed by atoms with Gasteiger partial charge < -0.3 is 27.2 Å². The van der Waals surface area contributed by atoms with Crippen LogP contribution in [0.5, 0.6) is 0 Å². The van der Waals surface area contributed by atoms with Gasteiger partial charge in [-0.3, -0.25) is 10.2 Å². The van der Waals surface area contributed by atoms with Gasteiger partial charge in [-0.1, -0.05) is 32.1 Å². The first-order chi connectivity index (χ1) is 10.9. The highest BCUT2D eigenvalue weighted by molar-refractivity contribution is 5.86. The van der Waals surface area contributed by atoms with E-state index in [1.807, 2.05) is 0 Å². The van der Waals surface area contributed by atoms with Crippen LogP contribution in [0, 0.1) is 11.3 Å². The number of carboxylic acids is 1. The van der Waals surface area contributed by atoms with Crippen LogP contribution in [0.1, 0.15) is 51.4 Å². The summed E-state index contributed by atoms with van der Waals surface area (Å²) < 4.78 is 0. The molecule has 1 fully saturated rings. The van der Waals surface area contributed by atoms with Gasteiger partial charge in [-0.2, -0.15) is 0 Å². The lowest BCUT2D eigenvalue weighted by molar-refractivity contribution is -0.142. The third-order valence-electron chi connectivity index (χ3n) is 4.25. The Hall–Kier alpha value is -1.83. The average molecular weight is 327 g/mol. The first-order valence-corrected chi connectivity index (χ1v) is 8.26. The van der Waals surface area contributed by atoms with Crippen molar-refractivity contribution in [3.05, 3.63) is 0 Å². The number of amides is 1. The van der Waals surface area contributed by atoms with E-state index in [2.05, 4.69) is 10.6 Å². The molecule has 0 radical (unpaired) electrons. The molecule has 0 heterocycles. The lowest BCUT2D eigenvalue weighted by Crippen LogP contribution is -2.49. The monoisotopic (exact) mass is 327 g/mol. The van der Waals surface area contributed by atoms with Crippen LogP contribution < -0.4 is 22.1 Å². The van der Waals surface area contributed by atoms with Crippen LogP contribution in [0.25, 0.3) is 0 Å². The van der Waals surface area contributed by atoms with Crippen molar-refractivity contribution in [2.24, 2.45) is 17.4 Å². The molecule has 0 aliphatic heterocycles. The fraction of sp³-hybridized carbons (Fsp3) is 0.800. The summed E-state index contributed by atoms with van der Waals surface area (Å²) >= 11 is 0. The highest BCUT2D eigenvalue weighted by atomic mass is 16.4. The molecule has 23 heavy (non-hydrogen) atoms. The number of carbonyl (C=O) groups excluding carboxylic acids is 1. The Morgan fingerprint density at radius 2 is 1.91 bits per heavy atom.